The van der Waals surface area contributed by atoms with Crippen molar-refractivity contribution in [2.24, 2.45) is 34.7 Å². The van der Waals surface area contributed by atoms with E-state index in [1.807, 2.05) is 0 Å². The van der Waals surface area contributed by atoms with Crippen LogP contribution in [0.5, 0.6) is 0 Å². The second kappa shape index (κ2) is 53.8. The molecule has 44 nitrogen and oxygen atoms in total. The molecule has 0 aromatic rings. The summed E-state index contributed by atoms with van der Waals surface area (Å²) in [5.74, 6) is -2.56. The molecule has 3 heterocycles. The lowest BCUT2D eigenvalue weighted by Gasteiger charge is -2.31. The van der Waals surface area contributed by atoms with E-state index in [0.717, 1.165) is 0 Å². The number of fused-ring (bicyclic) bond motifs is 2. The molecule has 0 aromatic carbocycles. The molecule has 0 radical (unpaired) electrons. The summed E-state index contributed by atoms with van der Waals surface area (Å²) in [4.78, 5) is 232. The minimum Gasteiger partial charge on any atom is -0.394 e. The first kappa shape index (κ1) is 95.2. The zero-order chi connectivity index (χ0) is 81.5. The number of unbranched alkanes of at least 4 members (excludes halogenated alkanes) is 6. The molecule has 0 unspecified atom stereocenters. The molecule has 0 bridgehead atoms. The van der Waals surface area contributed by atoms with Crippen LogP contribution in [0.25, 0.3) is 0 Å². The number of aliphatic hydroxyl groups is 4. The van der Waals surface area contributed by atoms with E-state index in [4.69, 9.17) is 34.7 Å². The van der Waals surface area contributed by atoms with E-state index < -0.39 is 220 Å². The highest BCUT2D eigenvalue weighted by atomic mass is 16.6. The van der Waals surface area contributed by atoms with E-state index >= 15 is 9.59 Å². The van der Waals surface area contributed by atoms with Gasteiger partial charge in [0.05, 0.1) is 39.5 Å². The molecule has 3 aliphatic heterocycles. The average molecular weight is 1570 g/mol. The van der Waals surface area contributed by atoms with Crippen LogP contribution in [0.4, 0.5) is 0 Å². The SMILES string of the molecule is NOCC(=O)NCCCC[C@@H]1NC(=O)[C@H](CCCCNC(=O)[C@@H](N)CO)NC(=O)CNC(=O)[C@@H]2CCCN2C(=O)[C@H](CCCCNC(=O)[C@@H](N)CO)NC(=O)[C@H](CCCCNC(=O)CON)NC(=O)[C@H](CCCCNC(=O)[C@@H](N)CO)NC(=O)CNC(=O)[C@@H]2CCCN2C(=O)[C@H](CCCCNC(=O)[C@@H](N)CO)NC1=O. The summed E-state index contributed by atoms with van der Waals surface area (Å²) in [6, 6.07) is -16.4. The molecular formula is C66H118N22O22. The van der Waals surface area contributed by atoms with Gasteiger partial charge in [-0.2, -0.15) is 0 Å². The van der Waals surface area contributed by atoms with E-state index in [0.29, 0.717) is 0 Å². The summed E-state index contributed by atoms with van der Waals surface area (Å²) in [7, 11) is 0. The van der Waals surface area contributed by atoms with Crippen molar-refractivity contribution in [2.75, 3.05) is 105 Å². The van der Waals surface area contributed by atoms with Crippen molar-refractivity contribution in [3.63, 3.8) is 0 Å². The number of nitrogens with one attached hydrogen (secondary N) is 14. The fourth-order valence-electron chi connectivity index (χ4n) is 12.0. The number of aliphatic hydroxyl groups excluding tert-OH is 4. The number of carbonyl (C=O) groups is 16. The van der Waals surface area contributed by atoms with Gasteiger partial charge in [-0.1, -0.05) is 0 Å². The van der Waals surface area contributed by atoms with Gasteiger partial charge in [0.2, 0.25) is 94.5 Å². The van der Waals surface area contributed by atoms with Crippen LogP contribution in [0.2, 0.25) is 0 Å². The monoisotopic (exact) mass is 1570 g/mol. The quantitative estimate of drug-likeness (QED) is 0.0199. The van der Waals surface area contributed by atoms with Gasteiger partial charge in [0, 0.05) is 52.4 Å². The second-order valence-electron chi connectivity index (χ2n) is 26.9. The van der Waals surface area contributed by atoms with Crippen LogP contribution < -0.4 is 109 Å². The summed E-state index contributed by atoms with van der Waals surface area (Å²) in [5, 5.41) is 74.1. The number of carbonyl (C=O) groups excluding carboxylic acids is 16. The summed E-state index contributed by atoms with van der Waals surface area (Å²) >= 11 is 0. The minimum absolute atomic E-state index is 0.000589. The first-order chi connectivity index (χ1) is 52.6. The number of amides is 16. The molecule has 30 N–H and O–H groups in total. The maximum atomic E-state index is 15.0. The first-order valence-electron chi connectivity index (χ1n) is 37.3. The minimum atomic E-state index is -1.51. The van der Waals surface area contributed by atoms with Gasteiger partial charge in [0.1, 0.15) is 85.7 Å². The van der Waals surface area contributed by atoms with Crippen molar-refractivity contribution in [3.8, 4) is 0 Å². The molecule has 3 rings (SSSR count). The van der Waals surface area contributed by atoms with Gasteiger partial charge in [-0.15, -0.1) is 0 Å². The number of hydrogen-bond acceptors (Lipinski definition) is 28. The molecule has 3 aliphatic rings. The highest BCUT2D eigenvalue weighted by Crippen LogP contribution is 2.23. The zero-order valence-electron chi connectivity index (χ0n) is 62.3. The molecule has 110 heavy (non-hydrogen) atoms. The lowest BCUT2D eigenvalue weighted by molar-refractivity contribution is -0.142. The van der Waals surface area contributed by atoms with Crippen molar-refractivity contribution in [2.45, 2.75) is 214 Å². The Morgan fingerprint density at radius 1 is 0.364 bits per heavy atom. The van der Waals surface area contributed by atoms with Crippen molar-refractivity contribution < 1.29 is 107 Å². The summed E-state index contributed by atoms with van der Waals surface area (Å²) in [6.45, 7) is -5.12. The summed E-state index contributed by atoms with van der Waals surface area (Å²) in [6.07, 6.45) is 1.48. The topological polar surface area (TPSA) is 704 Å². The fraction of sp³-hybridized carbons (Fsp3) is 0.758. The predicted octanol–water partition coefficient (Wildman–Crippen LogP) is -12.1. The molecule has 3 fully saturated rings. The Balaban J connectivity index is 2.25. The molecule has 0 spiro atoms. The largest absolute Gasteiger partial charge is 0.394 e. The van der Waals surface area contributed by atoms with Crippen LogP contribution in [0.1, 0.15) is 141 Å². The van der Waals surface area contributed by atoms with Crippen LogP contribution in [-0.2, 0) is 86.4 Å². The lowest BCUT2D eigenvalue weighted by Crippen LogP contribution is -2.59. The van der Waals surface area contributed by atoms with E-state index in [9.17, 15) is 87.5 Å². The van der Waals surface area contributed by atoms with Crippen molar-refractivity contribution >= 4 is 94.5 Å². The van der Waals surface area contributed by atoms with Gasteiger partial charge in [-0.3, -0.25) is 86.4 Å². The van der Waals surface area contributed by atoms with Gasteiger partial charge < -0.3 is 128 Å². The third kappa shape index (κ3) is 35.8. The Hall–Kier alpha value is -8.96. The van der Waals surface area contributed by atoms with Gasteiger partial charge in [-0.05, 0) is 141 Å². The Labute approximate surface area is 637 Å². The third-order valence-electron chi connectivity index (χ3n) is 18.2. The number of rotatable bonds is 42. The summed E-state index contributed by atoms with van der Waals surface area (Å²) < 4.78 is 0. The fourth-order valence-corrected chi connectivity index (χ4v) is 12.0. The van der Waals surface area contributed by atoms with Crippen molar-refractivity contribution in [3.05, 3.63) is 0 Å². The van der Waals surface area contributed by atoms with Crippen LogP contribution in [0, 0.1) is 0 Å². The predicted molar refractivity (Wildman–Crippen MR) is 389 cm³/mol. The normalized spacial score (nSPS) is 22.1. The molecule has 624 valence electrons. The van der Waals surface area contributed by atoms with E-state index in [1.54, 1.807) is 0 Å². The number of nitrogens with two attached hydrogens (primary N) is 6. The van der Waals surface area contributed by atoms with Gasteiger partial charge in [0.25, 0.3) is 0 Å². The van der Waals surface area contributed by atoms with Crippen LogP contribution in [0.3, 0.4) is 0 Å². The number of nitrogens with zero attached hydrogens (tertiary/aromatic N) is 2. The average Bonchev–Trinajstić information content (AvgIpc) is 1.66. The third-order valence-corrected chi connectivity index (χ3v) is 18.2. The van der Waals surface area contributed by atoms with E-state index in [2.05, 4.69) is 84.1 Å². The highest BCUT2D eigenvalue weighted by Gasteiger charge is 2.41. The van der Waals surface area contributed by atoms with Crippen LogP contribution in [-0.4, -0.2) is 302 Å². The highest BCUT2D eigenvalue weighted by molar-refractivity contribution is 5.99. The molecule has 0 aromatic heterocycles. The van der Waals surface area contributed by atoms with Crippen molar-refractivity contribution in [1.29, 1.82) is 0 Å². The second-order valence-corrected chi connectivity index (χ2v) is 26.9. The molecule has 0 aliphatic carbocycles. The first-order valence-corrected chi connectivity index (χ1v) is 37.3. The van der Waals surface area contributed by atoms with Crippen molar-refractivity contribution in [1.82, 2.24) is 84.2 Å². The zero-order valence-corrected chi connectivity index (χ0v) is 62.3. The van der Waals surface area contributed by atoms with Crippen LogP contribution >= 0.6 is 0 Å². The van der Waals surface area contributed by atoms with Gasteiger partial charge in [-0.25, -0.2) is 11.8 Å². The molecule has 44 heteroatoms. The van der Waals surface area contributed by atoms with E-state index in [1.165, 1.54) is 9.80 Å². The molecular weight excluding hydrogens is 1450 g/mol. The van der Waals surface area contributed by atoms with Gasteiger partial charge in [0.15, 0.2) is 0 Å². The van der Waals surface area contributed by atoms with Crippen LogP contribution in [0.15, 0.2) is 0 Å². The smallest absolute Gasteiger partial charge is 0.248 e. The molecule has 0 saturated carbocycles. The molecule has 12 atom stereocenters. The Bertz CT molecular complexity index is 2810. The molecule has 16 amide bonds. The Morgan fingerprint density at radius 3 is 0.873 bits per heavy atom. The van der Waals surface area contributed by atoms with Gasteiger partial charge >= 0.3 is 0 Å². The standard InChI is InChI=1S/C66H118N22O22/c67-39(33-89)55(97)75-25-9-3-15-43-59(101)83-45(17-1-7-23-73-53(95)37-109-71)61(103)85-47(19-5-11-27-77-57(99)41(69)35-91)65(107)87-29-13-21-49(87)63(105)80-32-52(94)82-44(16-4-10-26-76-56(98)40(68)34-90)60(102)84-46(18-2-8-24-74-54(96)38-110-72)62(104)86-48(20-6-12-28-78-58(100)42(70)36-92)66(108)88-30-14-22-50(88)64(106)79-31-51(93)81-43/h39-50,89-92H,1-38,67-72H2,(H,73,95)(H,74,96)(H,75,97)(H,76,98)(H,77,99)(H,78,100)(H,79,106)(H,80,105)(H,81,93)(H,82,94)(H,83,101)(H,84,102)(H,85,103)(H,86,104)/t39-,40-,41-,42-,43-,44-,45-,46-,47-,48-,49-,50-/m0/s1. The Kier molecular flexibility index (Phi) is 46.6. The maximum Gasteiger partial charge on any atom is 0.248 e. The Morgan fingerprint density at radius 2 is 0.609 bits per heavy atom. The van der Waals surface area contributed by atoms with E-state index in [-0.39, 0.29) is 194 Å². The molecule has 3 saturated heterocycles. The maximum absolute atomic E-state index is 15.0. The summed E-state index contributed by atoms with van der Waals surface area (Å²) in [5.41, 5.74) is 22.7. The number of hydrogen-bond donors (Lipinski definition) is 24. The lowest BCUT2D eigenvalue weighted by atomic mass is 10.0.